The molecule has 31 heavy (non-hydrogen) atoms. The fraction of sp³-hybridized carbons (Fsp3) is 0.455. The van der Waals surface area contributed by atoms with Gasteiger partial charge in [-0.2, -0.15) is 4.31 Å². The van der Waals surface area contributed by atoms with Crippen molar-refractivity contribution < 1.29 is 8.42 Å². The first kappa shape index (κ1) is 20.4. The quantitative estimate of drug-likeness (QED) is 0.670. The molecule has 0 aliphatic carbocycles. The van der Waals surface area contributed by atoms with Gasteiger partial charge in [0.25, 0.3) is 0 Å². The Balaban J connectivity index is 1.24. The van der Waals surface area contributed by atoms with Crippen LogP contribution < -0.4 is 4.90 Å². The Labute approximate surface area is 182 Å². The van der Waals surface area contributed by atoms with Crippen molar-refractivity contribution in [3.8, 4) is 0 Å². The van der Waals surface area contributed by atoms with Gasteiger partial charge in [0, 0.05) is 51.4 Å². The Bertz CT molecular complexity index is 1110. The molecule has 2 saturated heterocycles. The first-order chi connectivity index (χ1) is 15.0. The average molecular weight is 441 g/mol. The molecule has 1 N–H and O–H groups in total. The lowest BCUT2D eigenvalue weighted by Gasteiger charge is -2.32. The number of aromatic nitrogens is 3. The fourth-order valence-corrected chi connectivity index (χ4v) is 5.81. The summed E-state index contributed by atoms with van der Waals surface area (Å²) in [6, 6.07) is 11.7. The number of piperidine rings is 1. The van der Waals surface area contributed by atoms with Crippen molar-refractivity contribution >= 4 is 26.9 Å². The second kappa shape index (κ2) is 8.22. The van der Waals surface area contributed by atoms with Crippen LogP contribution in [0.4, 0.5) is 5.82 Å². The van der Waals surface area contributed by atoms with Gasteiger partial charge in [0.15, 0.2) is 0 Å². The van der Waals surface area contributed by atoms with Crippen molar-refractivity contribution in [2.45, 2.75) is 23.7 Å². The third kappa shape index (κ3) is 4.05. The maximum absolute atomic E-state index is 12.9. The summed E-state index contributed by atoms with van der Waals surface area (Å²) in [6.07, 6.45) is 3.49. The van der Waals surface area contributed by atoms with Gasteiger partial charge in [0.2, 0.25) is 10.0 Å². The molecule has 2 fully saturated rings. The molecule has 0 bridgehead atoms. The van der Waals surface area contributed by atoms with Crippen LogP contribution in [0, 0.1) is 0 Å². The Morgan fingerprint density at radius 2 is 1.71 bits per heavy atom. The van der Waals surface area contributed by atoms with Crippen molar-refractivity contribution in [1.82, 2.24) is 24.2 Å². The van der Waals surface area contributed by atoms with Crippen LogP contribution in [0.25, 0.3) is 11.0 Å². The third-order valence-electron chi connectivity index (χ3n) is 6.43. The number of nitrogens with zero attached hydrogens (tertiary/aromatic N) is 5. The highest BCUT2D eigenvalue weighted by Crippen LogP contribution is 2.30. The number of fused-ring (bicyclic) bond motifs is 1. The zero-order valence-corrected chi connectivity index (χ0v) is 18.6. The zero-order valence-electron chi connectivity index (χ0n) is 17.7. The molecule has 4 heterocycles. The highest BCUT2D eigenvalue weighted by atomic mass is 32.2. The number of piperazine rings is 1. The number of hydrogen-bond acceptors (Lipinski definition) is 6. The summed E-state index contributed by atoms with van der Waals surface area (Å²) in [5.74, 6) is 2.29. The number of imidazole rings is 1. The van der Waals surface area contributed by atoms with Crippen LogP contribution in [-0.4, -0.2) is 78.9 Å². The van der Waals surface area contributed by atoms with Crippen molar-refractivity contribution in [2.24, 2.45) is 0 Å². The van der Waals surface area contributed by atoms with E-state index in [1.807, 2.05) is 31.3 Å². The number of aromatic amines is 1. The molecule has 5 rings (SSSR count). The maximum atomic E-state index is 12.9. The number of benzene rings is 1. The predicted octanol–water partition coefficient (Wildman–Crippen LogP) is 2.28. The Morgan fingerprint density at radius 3 is 2.39 bits per heavy atom. The van der Waals surface area contributed by atoms with E-state index in [1.54, 1.807) is 10.4 Å². The summed E-state index contributed by atoms with van der Waals surface area (Å²) in [5, 5.41) is 0. The van der Waals surface area contributed by atoms with Gasteiger partial charge >= 0.3 is 0 Å². The Morgan fingerprint density at radius 1 is 0.968 bits per heavy atom. The van der Waals surface area contributed by atoms with E-state index in [9.17, 15) is 8.42 Å². The Kier molecular flexibility index (Phi) is 5.41. The summed E-state index contributed by atoms with van der Waals surface area (Å²) >= 11 is 0. The van der Waals surface area contributed by atoms with Crippen molar-refractivity contribution in [1.29, 1.82) is 0 Å². The molecule has 164 valence electrons. The lowest BCUT2D eigenvalue weighted by atomic mass is 9.96. The van der Waals surface area contributed by atoms with Gasteiger partial charge in [-0.1, -0.05) is 12.1 Å². The zero-order chi connectivity index (χ0) is 21.4. The summed E-state index contributed by atoms with van der Waals surface area (Å²) < 4.78 is 27.4. The molecule has 0 spiro atoms. The summed E-state index contributed by atoms with van der Waals surface area (Å²) in [4.78, 5) is 17.4. The van der Waals surface area contributed by atoms with Gasteiger partial charge < -0.3 is 14.8 Å². The normalized spacial score (nSPS) is 19.8. The van der Waals surface area contributed by atoms with Crippen LogP contribution in [-0.2, 0) is 10.0 Å². The lowest BCUT2D eigenvalue weighted by molar-refractivity contribution is 0.222. The van der Waals surface area contributed by atoms with Crippen LogP contribution in [0.3, 0.4) is 0 Å². The topological polar surface area (TPSA) is 85.4 Å². The minimum Gasteiger partial charge on any atom is -0.357 e. The van der Waals surface area contributed by atoms with Gasteiger partial charge in [0.1, 0.15) is 16.5 Å². The first-order valence-electron chi connectivity index (χ1n) is 10.8. The highest BCUT2D eigenvalue weighted by molar-refractivity contribution is 7.89. The molecule has 0 radical (unpaired) electrons. The molecule has 9 heteroatoms. The van der Waals surface area contributed by atoms with E-state index < -0.39 is 10.0 Å². The molecule has 0 amide bonds. The largest absolute Gasteiger partial charge is 0.357 e. The van der Waals surface area contributed by atoms with E-state index in [0.29, 0.717) is 19.0 Å². The first-order valence-corrected chi connectivity index (χ1v) is 12.3. The second-order valence-electron chi connectivity index (χ2n) is 8.46. The van der Waals surface area contributed by atoms with Crippen LogP contribution in [0.2, 0.25) is 0 Å². The van der Waals surface area contributed by atoms with Crippen LogP contribution >= 0.6 is 0 Å². The molecular weight excluding hydrogens is 412 g/mol. The Hall–Kier alpha value is -2.49. The van der Waals surface area contributed by atoms with Crippen molar-refractivity contribution in [3.05, 3.63) is 48.4 Å². The minimum atomic E-state index is -3.48. The number of rotatable bonds is 4. The minimum absolute atomic E-state index is 0.276. The van der Waals surface area contributed by atoms with Gasteiger partial charge in [-0.3, -0.25) is 0 Å². The van der Waals surface area contributed by atoms with Gasteiger partial charge in [-0.15, -0.1) is 0 Å². The maximum Gasteiger partial charge on any atom is 0.244 e. The van der Waals surface area contributed by atoms with E-state index in [2.05, 4.69) is 25.8 Å². The number of pyridine rings is 1. The number of anilines is 1. The molecule has 2 aromatic heterocycles. The lowest BCUT2D eigenvalue weighted by Crippen LogP contribution is -2.47. The van der Waals surface area contributed by atoms with Crippen LogP contribution in [0.1, 0.15) is 24.6 Å². The number of likely N-dealkylation sites (N-methyl/N-ethyl adjacent to an activating group) is 1. The van der Waals surface area contributed by atoms with Crippen molar-refractivity contribution in [2.75, 3.05) is 51.2 Å². The standard InChI is InChI=1S/C22H28N6O2S/c1-26-12-14-28(15-13-26)31(29,30)18-6-7-21(23-16-18)27-10-8-17(9-11-27)22-24-19-4-2-3-5-20(19)25-22/h2-7,16-17H,8-15H2,1H3,(H,24,25). The van der Waals surface area contributed by atoms with E-state index in [1.165, 1.54) is 6.20 Å². The molecule has 8 nitrogen and oxygen atoms in total. The molecule has 0 unspecified atom stereocenters. The summed E-state index contributed by atoms with van der Waals surface area (Å²) in [5.41, 5.74) is 2.09. The van der Waals surface area contributed by atoms with E-state index >= 15 is 0 Å². The van der Waals surface area contributed by atoms with E-state index in [4.69, 9.17) is 4.98 Å². The number of hydrogen-bond donors (Lipinski definition) is 1. The highest BCUT2D eigenvalue weighted by Gasteiger charge is 2.28. The summed E-state index contributed by atoms with van der Waals surface area (Å²) in [6.45, 7) is 4.31. The number of para-hydroxylation sites is 2. The monoisotopic (exact) mass is 440 g/mol. The summed E-state index contributed by atoms with van der Waals surface area (Å²) in [7, 11) is -1.47. The second-order valence-corrected chi connectivity index (χ2v) is 10.4. The van der Waals surface area contributed by atoms with Crippen LogP contribution in [0.5, 0.6) is 0 Å². The van der Waals surface area contributed by atoms with E-state index in [0.717, 1.165) is 61.7 Å². The smallest absolute Gasteiger partial charge is 0.244 e. The van der Waals surface area contributed by atoms with Gasteiger partial charge in [0.05, 0.1) is 11.0 Å². The SMILES string of the molecule is CN1CCN(S(=O)(=O)c2ccc(N3CCC(c4nc5ccccc5[nH]4)CC3)nc2)CC1. The predicted molar refractivity (Wildman–Crippen MR) is 121 cm³/mol. The van der Waals surface area contributed by atoms with Gasteiger partial charge in [-0.25, -0.2) is 18.4 Å². The molecule has 0 saturated carbocycles. The fourth-order valence-electron chi connectivity index (χ4n) is 4.44. The molecule has 0 atom stereocenters. The molecule has 3 aromatic rings. The number of nitrogens with one attached hydrogen (secondary N) is 1. The van der Waals surface area contributed by atoms with E-state index in [-0.39, 0.29) is 4.90 Å². The van der Waals surface area contributed by atoms with Crippen molar-refractivity contribution in [3.63, 3.8) is 0 Å². The average Bonchev–Trinajstić information content (AvgIpc) is 3.24. The third-order valence-corrected chi connectivity index (χ3v) is 8.32. The van der Waals surface area contributed by atoms with Crippen LogP contribution in [0.15, 0.2) is 47.5 Å². The molecule has 2 aliphatic rings. The molecular formula is C22H28N6O2S. The number of sulfonamides is 1. The van der Waals surface area contributed by atoms with Gasteiger partial charge in [-0.05, 0) is 44.2 Å². The molecule has 1 aromatic carbocycles. The molecule has 2 aliphatic heterocycles. The number of H-pyrrole nitrogens is 1.